The summed E-state index contributed by atoms with van der Waals surface area (Å²) in [7, 11) is 0. The Labute approximate surface area is 107 Å². The van der Waals surface area contributed by atoms with Crippen molar-refractivity contribution in [2.45, 2.75) is 6.61 Å². The first kappa shape index (κ1) is 12.0. The number of hydrogen-bond donors (Lipinski definition) is 1. The van der Waals surface area contributed by atoms with Gasteiger partial charge in [-0.3, -0.25) is 0 Å². The van der Waals surface area contributed by atoms with Crippen molar-refractivity contribution in [3.63, 3.8) is 0 Å². The summed E-state index contributed by atoms with van der Waals surface area (Å²) in [5, 5.41) is 11.2. The van der Waals surface area contributed by atoms with Gasteiger partial charge in [-0.15, -0.1) is 11.3 Å². The molecule has 1 heterocycles. The molecule has 0 amide bonds. The molecule has 0 atom stereocenters. The molecule has 5 heteroatoms. The number of thiophene rings is 1. The van der Waals surface area contributed by atoms with E-state index in [1.807, 2.05) is 0 Å². The van der Waals surface area contributed by atoms with Crippen molar-refractivity contribution >= 4 is 28.9 Å². The van der Waals surface area contributed by atoms with Gasteiger partial charge in [-0.2, -0.15) is 0 Å². The summed E-state index contributed by atoms with van der Waals surface area (Å²) in [5.41, 5.74) is 0.849. The van der Waals surface area contributed by atoms with Gasteiger partial charge in [-0.1, -0.05) is 11.6 Å². The lowest BCUT2D eigenvalue weighted by Gasteiger charge is -2.04. The van der Waals surface area contributed by atoms with E-state index in [-0.39, 0.29) is 0 Å². The molecule has 0 saturated heterocycles. The molecule has 0 aliphatic heterocycles. The molecule has 0 saturated carbocycles. The van der Waals surface area contributed by atoms with Crippen LogP contribution in [0.15, 0.2) is 35.7 Å². The first-order valence-electron chi connectivity index (χ1n) is 4.84. The van der Waals surface area contributed by atoms with Crippen LogP contribution in [-0.4, -0.2) is 11.1 Å². The van der Waals surface area contributed by atoms with E-state index in [9.17, 15) is 4.79 Å². The van der Waals surface area contributed by atoms with Crippen molar-refractivity contribution in [3.05, 3.63) is 51.2 Å². The highest BCUT2D eigenvalue weighted by molar-refractivity contribution is 7.12. The van der Waals surface area contributed by atoms with E-state index in [1.165, 1.54) is 11.3 Å². The van der Waals surface area contributed by atoms with E-state index in [4.69, 9.17) is 21.4 Å². The second-order valence-electron chi connectivity index (χ2n) is 3.37. The minimum absolute atomic E-state index is 0.319. The maximum absolute atomic E-state index is 10.7. The number of hydrogen-bond acceptors (Lipinski definition) is 3. The zero-order valence-electron chi connectivity index (χ0n) is 8.72. The Balaban J connectivity index is 1.97. The number of aromatic carboxylic acids is 1. The van der Waals surface area contributed by atoms with E-state index in [2.05, 4.69) is 0 Å². The highest BCUT2D eigenvalue weighted by atomic mass is 35.5. The van der Waals surface area contributed by atoms with Crippen LogP contribution in [0.2, 0.25) is 5.02 Å². The fourth-order valence-corrected chi connectivity index (χ4v) is 2.12. The summed E-state index contributed by atoms with van der Waals surface area (Å²) < 4.78 is 5.50. The molecule has 2 aromatic rings. The highest BCUT2D eigenvalue weighted by Crippen LogP contribution is 2.19. The average Bonchev–Trinajstić information content (AvgIpc) is 2.77. The van der Waals surface area contributed by atoms with Crippen LogP contribution < -0.4 is 4.74 Å². The molecule has 0 aliphatic carbocycles. The molecular weight excluding hydrogens is 260 g/mol. The number of ether oxygens (including phenoxy) is 1. The Bertz CT molecular complexity index is 519. The normalized spacial score (nSPS) is 10.2. The largest absolute Gasteiger partial charge is 0.489 e. The van der Waals surface area contributed by atoms with Crippen molar-refractivity contribution in [1.29, 1.82) is 0 Å². The standard InChI is InChI=1S/C12H9ClO3S/c13-9-1-3-10(4-2-9)16-6-8-5-11(12(14)15)17-7-8/h1-5,7H,6H2,(H,14,15). The summed E-state index contributed by atoms with van der Waals surface area (Å²) in [6.45, 7) is 0.353. The third-order valence-electron chi connectivity index (χ3n) is 2.08. The monoisotopic (exact) mass is 268 g/mol. The molecule has 3 nitrogen and oxygen atoms in total. The van der Waals surface area contributed by atoms with Crippen LogP contribution in [0.25, 0.3) is 0 Å². The second kappa shape index (κ2) is 5.21. The summed E-state index contributed by atoms with van der Waals surface area (Å²) in [6.07, 6.45) is 0. The fourth-order valence-electron chi connectivity index (χ4n) is 1.26. The first-order chi connectivity index (χ1) is 8.15. The molecule has 0 fully saturated rings. The van der Waals surface area contributed by atoms with E-state index in [1.54, 1.807) is 35.7 Å². The number of carboxylic acid groups (broad SMARTS) is 1. The predicted octanol–water partition coefficient (Wildman–Crippen LogP) is 3.68. The fraction of sp³-hybridized carbons (Fsp3) is 0.0833. The van der Waals surface area contributed by atoms with Crippen LogP contribution >= 0.6 is 22.9 Å². The molecule has 2 rings (SSSR count). The lowest BCUT2D eigenvalue weighted by Crippen LogP contribution is -1.94. The van der Waals surface area contributed by atoms with Gasteiger partial charge in [-0.25, -0.2) is 4.79 Å². The molecule has 1 aromatic carbocycles. The van der Waals surface area contributed by atoms with Gasteiger partial charge in [0, 0.05) is 10.6 Å². The quantitative estimate of drug-likeness (QED) is 0.920. The van der Waals surface area contributed by atoms with Crippen LogP contribution in [-0.2, 0) is 6.61 Å². The number of carbonyl (C=O) groups is 1. The molecule has 88 valence electrons. The molecule has 17 heavy (non-hydrogen) atoms. The molecular formula is C12H9ClO3S. The molecule has 1 aromatic heterocycles. The molecule has 0 unspecified atom stereocenters. The van der Waals surface area contributed by atoms with Crippen molar-refractivity contribution in [2.24, 2.45) is 0 Å². The third kappa shape index (κ3) is 3.22. The second-order valence-corrected chi connectivity index (χ2v) is 4.71. The van der Waals surface area contributed by atoms with Gasteiger partial charge in [-0.05, 0) is 35.7 Å². The Morgan fingerprint density at radius 3 is 2.65 bits per heavy atom. The smallest absolute Gasteiger partial charge is 0.345 e. The lowest BCUT2D eigenvalue weighted by atomic mass is 10.3. The number of rotatable bonds is 4. The van der Waals surface area contributed by atoms with Gasteiger partial charge in [0.1, 0.15) is 17.2 Å². The van der Waals surface area contributed by atoms with E-state index < -0.39 is 5.97 Å². The van der Waals surface area contributed by atoms with Crippen molar-refractivity contribution < 1.29 is 14.6 Å². The minimum atomic E-state index is -0.909. The number of carboxylic acids is 1. The summed E-state index contributed by atoms with van der Waals surface area (Å²) >= 11 is 6.94. The molecule has 0 bridgehead atoms. The van der Waals surface area contributed by atoms with Gasteiger partial charge < -0.3 is 9.84 Å². The van der Waals surface area contributed by atoms with Gasteiger partial charge in [0.25, 0.3) is 0 Å². The van der Waals surface area contributed by atoms with Crippen LogP contribution in [0.5, 0.6) is 5.75 Å². The zero-order chi connectivity index (χ0) is 12.3. The maximum atomic E-state index is 10.7. The molecule has 0 radical (unpaired) electrons. The Morgan fingerprint density at radius 2 is 2.06 bits per heavy atom. The Hall–Kier alpha value is -1.52. The van der Waals surface area contributed by atoms with Gasteiger partial charge in [0.2, 0.25) is 0 Å². The maximum Gasteiger partial charge on any atom is 0.345 e. The Morgan fingerprint density at radius 1 is 1.35 bits per heavy atom. The molecule has 0 spiro atoms. The minimum Gasteiger partial charge on any atom is -0.489 e. The topological polar surface area (TPSA) is 46.5 Å². The third-order valence-corrected chi connectivity index (χ3v) is 3.30. The summed E-state index contributed by atoms with van der Waals surface area (Å²) in [5.74, 6) is -0.204. The van der Waals surface area contributed by atoms with Gasteiger partial charge in [0.05, 0.1) is 0 Å². The van der Waals surface area contributed by atoms with Crippen LogP contribution in [0.1, 0.15) is 15.2 Å². The van der Waals surface area contributed by atoms with Gasteiger partial charge in [0.15, 0.2) is 0 Å². The van der Waals surface area contributed by atoms with E-state index >= 15 is 0 Å². The summed E-state index contributed by atoms with van der Waals surface area (Å²) in [4.78, 5) is 11.0. The lowest BCUT2D eigenvalue weighted by molar-refractivity contribution is 0.0702. The van der Waals surface area contributed by atoms with Crippen molar-refractivity contribution in [2.75, 3.05) is 0 Å². The zero-order valence-corrected chi connectivity index (χ0v) is 10.3. The Kier molecular flexibility index (Phi) is 3.66. The van der Waals surface area contributed by atoms with Crippen LogP contribution in [0.4, 0.5) is 0 Å². The van der Waals surface area contributed by atoms with Gasteiger partial charge >= 0.3 is 5.97 Å². The van der Waals surface area contributed by atoms with Crippen LogP contribution in [0, 0.1) is 0 Å². The molecule has 0 aliphatic rings. The summed E-state index contributed by atoms with van der Waals surface area (Å²) in [6, 6.07) is 8.64. The SMILES string of the molecule is O=C(O)c1cc(COc2ccc(Cl)cc2)cs1. The number of benzene rings is 1. The van der Waals surface area contributed by atoms with E-state index in [0.29, 0.717) is 22.3 Å². The predicted molar refractivity (Wildman–Crippen MR) is 67.1 cm³/mol. The average molecular weight is 269 g/mol. The van der Waals surface area contributed by atoms with E-state index in [0.717, 1.165) is 5.56 Å². The highest BCUT2D eigenvalue weighted by Gasteiger charge is 2.06. The molecule has 1 N–H and O–H groups in total. The van der Waals surface area contributed by atoms with Crippen molar-refractivity contribution in [3.8, 4) is 5.75 Å². The van der Waals surface area contributed by atoms with Crippen molar-refractivity contribution in [1.82, 2.24) is 0 Å². The number of halogens is 1. The first-order valence-corrected chi connectivity index (χ1v) is 6.10. The van der Waals surface area contributed by atoms with Crippen LogP contribution in [0.3, 0.4) is 0 Å².